The molecule has 0 spiro atoms. The molecule has 0 saturated heterocycles. The molecule has 8 rings (SSSR count). The number of benzene rings is 4. The summed E-state index contributed by atoms with van der Waals surface area (Å²) in [5, 5.41) is 25.8. The van der Waals surface area contributed by atoms with Gasteiger partial charge in [0.25, 0.3) is 0 Å². The molecule has 6 aromatic rings. The van der Waals surface area contributed by atoms with E-state index in [1.54, 1.807) is 0 Å². The molecule has 6 nitrogen and oxygen atoms in total. The summed E-state index contributed by atoms with van der Waals surface area (Å²) >= 11 is 3.76. The second-order valence-corrected chi connectivity index (χ2v) is 29.7. The first kappa shape index (κ1) is 62.3. The van der Waals surface area contributed by atoms with E-state index in [0.717, 1.165) is 90.6 Å². The van der Waals surface area contributed by atoms with Crippen molar-refractivity contribution < 1.29 is 9.59 Å². The number of ketones is 2. The number of carbonyl (C=O) groups is 2. The van der Waals surface area contributed by atoms with Gasteiger partial charge in [-0.3, -0.25) is 9.59 Å². The number of aryl methyl sites for hydroxylation is 2. The first-order chi connectivity index (χ1) is 39.0. The molecular formula is C74H94N4O2S2. The summed E-state index contributed by atoms with van der Waals surface area (Å²) in [6.07, 6.45) is 25.3. The molecule has 2 aliphatic carbocycles. The van der Waals surface area contributed by atoms with E-state index >= 15 is 0 Å². The average molecular weight is 1140 g/mol. The Kier molecular flexibility index (Phi) is 20.5. The maximum atomic E-state index is 14.6. The van der Waals surface area contributed by atoms with Crippen molar-refractivity contribution in [2.75, 3.05) is 0 Å². The van der Waals surface area contributed by atoms with Crippen molar-refractivity contribution in [3.05, 3.63) is 165 Å². The molecule has 0 bridgehead atoms. The fraction of sp³-hybridized carbons (Fsp3) is 0.486. The van der Waals surface area contributed by atoms with Gasteiger partial charge in [-0.2, -0.15) is 20.5 Å². The summed E-state index contributed by atoms with van der Waals surface area (Å²) in [6.45, 7) is 30.5. The van der Waals surface area contributed by atoms with Gasteiger partial charge in [0, 0.05) is 64.4 Å². The summed E-state index contributed by atoms with van der Waals surface area (Å²) in [5.74, 6) is -0.165. The molecule has 8 heteroatoms. The fourth-order valence-corrected chi connectivity index (χ4v) is 14.6. The van der Waals surface area contributed by atoms with Crippen molar-refractivity contribution >= 4 is 67.2 Å². The first-order valence-electron chi connectivity index (χ1n) is 31.0. The van der Waals surface area contributed by atoms with Crippen LogP contribution in [0, 0.1) is 33.5 Å². The number of allylic oxidation sites excluding steroid dienone is 4. The standard InChI is InChI=1S/C74H94N4O2S2/c1-15-17-19-21-23-25-35-51-47-63(65(77-75-61-41-31-37-49-33-27-29-39-55(49)61)53-43-57(71(3,4)5)67(79)58(44-53)72(6,7)8)81-69(51)70-52(36-26-24-22-20-18-16-2)48-64(82-70)66(78-76-62-42-32-38-50-34-28-30-40-56(50)62)54-45-59(73(9,10)11)68(80)60(46-54)74(12,13)14/h27-34,37-48,53-54,65-66H,15-26,35-36H2,1-14H3. The predicted molar refractivity (Wildman–Crippen MR) is 351 cm³/mol. The number of rotatable bonds is 23. The van der Waals surface area contributed by atoms with Crippen LogP contribution in [-0.2, 0) is 22.4 Å². The second-order valence-electron chi connectivity index (χ2n) is 27.5. The van der Waals surface area contributed by atoms with Gasteiger partial charge in [-0.15, -0.1) is 22.7 Å². The van der Waals surface area contributed by atoms with Crippen LogP contribution in [0.4, 0.5) is 11.4 Å². The third kappa shape index (κ3) is 15.2. The highest BCUT2D eigenvalue weighted by molar-refractivity contribution is 7.22. The SMILES string of the molecule is CCCCCCCCc1cc(C(N=Nc2cccc3ccccc23)C2C=C(C(C)(C)C)C(=O)C(C(C)(C)C)=C2)sc1-c1sc(C(N=Nc2cccc3ccccc23)C2C=C(C(C)(C)C)C(=O)C(C(C)(C)C)=C2)cc1CCCCCCCC. The monoisotopic (exact) mass is 1130 g/mol. The molecule has 82 heavy (non-hydrogen) atoms. The number of hydrogen-bond donors (Lipinski definition) is 0. The van der Waals surface area contributed by atoms with E-state index in [2.05, 4.69) is 218 Å². The Morgan fingerprint density at radius 3 is 1.07 bits per heavy atom. The molecule has 0 amide bonds. The minimum atomic E-state index is -0.394. The summed E-state index contributed by atoms with van der Waals surface area (Å²) in [4.78, 5) is 34.1. The van der Waals surface area contributed by atoms with Gasteiger partial charge in [0.05, 0.1) is 11.4 Å². The molecule has 2 unspecified atom stereocenters. The predicted octanol–water partition coefficient (Wildman–Crippen LogP) is 23.5. The third-order valence-electron chi connectivity index (χ3n) is 16.5. The van der Waals surface area contributed by atoms with Crippen LogP contribution in [0.25, 0.3) is 31.3 Å². The number of thiophene rings is 2. The molecule has 0 saturated carbocycles. The van der Waals surface area contributed by atoms with Gasteiger partial charge in [0.1, 0.15) is 12.1 Å². The lowest BCUT2D eigenvalue weighted by Gasteiger charge is -2.34. The Hall–Kier alpha value is -5.70. The number of nitrogens with zero attached hydrogens (tertiary/aromatic N) is 4. The Labute approximate surface area is 500 Å². The lowest BCUT2D eigenvalue weighted by atomic mass is 9.70. The van der Waals surface area contributed by atoms with E-state index in [1.807, 2.05) is 22.7 Å². The van der Waals surface area contributed by atoms with Gasteiger partial charge in [0.2, 0.25) is 0 Å². The molecule has 4 aromatic carbocycles. The topological polar surface area (TPSA) is 83.6 Å². The van der Waals surface area contributed by atoms with Gasteiger partial charge in [0.15, 0.2) is 11.6 Å². The van der Waals surface area contributed by atoms with Crippen LogP contribution in [0.1, 0.15) is 207 Å². The molecular weight excluding hydrogens is 1040 g/mol. The zero-order valence-corrected chi connectivity index (χ0v) is 53.8. The Balaban J connectivity index is 1.36. The lowest BCUT2D eigenvalue weighted by molar-refractivity contribution is -0.115. The van der Waals surface area contributed by atoms with E-state index in [-0.39, 0.29) is 45.1 Å². The van der Waals surface area contributed by atoms with Gasteiger partial charge in [-0.25, -0.2) is 0 Å². The minimum absolute atomic E-state index is 0.130. The van der Waals surface area contributed by atoms with Crippen molar-refractivity contribution in [2.24, 2.45) is 54.0 Å². The van der Waals surface area contributed by atoms with Crippen LogP contribution in [0.2, 0.25) is 0 Å². The van der Waals surface area contributed by atoms with Crippen molar-refractivity contribution in [3.63, 3.8) is 0 Å². The van der Waals surface area contributed by atoms with Crippen LogP contribution in [0.3, 0.4) is 0 Å². The van der Waals surface area contributed by atoms with E-state index < -0.39 is 12.1 Å². The lowest BCUT2D eigenvalue weighted by Crippen LogP contribution is -2.30. The smallest absolute Gasteiger partial charge is 0.185 e. The quantitative estimate of drug-likeness (QED) is 0.0473. The molecule has 2 heterocycles. The number of hydrogen-bond acceptors (Lipinski definition) is 8. The Bertz CT molecular complexity index is 3100. The van der Waals surface area contributed by atoms with Crippen molar-refractivity contribution in [3.8, 4) is 9.75 Å². The molecule has 0 aliphatic heterocycles. The third-order valence-corrected chi connectivity index (χ3v) is 19.2. The largest absolute Gasteiger partial charge is 0.289 e. The fourth-order valence-electron chi connectivity index (χ4n) is 11.8. The first-order valence-corrected chi connectivity index (χ1v) is 32.6. The summed E-state index contributed by atoms with van der Waals surface area (Å²) in [5.41, 5.74) is 6.22. The van der Waals surface area contributed by atoms with Crippen molar-refractivity contribution in [1.29, 1.82) is 0 Å². The molecule has 0 radical (unpaired) electrons. The van der Waals surface area contributed by atoms with Crippen LogP contribution in [-0.4, -0.2) is 11.6 Å². The van der Waals surface area contributed by atoms with Crippen molar-refractivity contribution in [2.45, 2.75) is 199 Å². The van der Waals surface area contributed by atoms with Gasteiger partial charge >= 0.3 is 0 Å². The van der Waals surface area contributed by atoms with E-state index in [4.69, 9.17) is 20.5 Å². The maximum absolute atomic E-state index is 14.6. The van der Waals surface area contributed by atoms with E-state index in [1.165, 1.54) is 85.1 Å². The molecule has 434 valence electrons. The molecule has 2 aromatic heterocycles. The van der Waals surface area contributed by atoms with Crippen LogP contribution < -0.4 is 0 Å². The number of azo groups is 2. The van der Waals surface area contributed by atoms with Crippen LogP contribution >= 0.6 is 22.7 Å². The van der Waals surface area contributed by atoms with Crippen molar-refractivity contribution in [1.82, 2.24) is 0 Å². The van der Waals surface area contributed by atoms with Gasteiger partial charge in [-0.05, 0) is 93.5 Å². The number of fused-ring (bicyclic) bond motifs is 2. The van der Waals surface area contributed by atoms with Crippen LogP contribution in [0.15, 0.2) is 164 Å². The van der Waals surface area contributed by atoms with E-state index in [0.29, 0.717) is 0 Å². The normalized spacial score (nSPS) is 16.2. The summed E-state index contributed by atoms with van der Waals surface area (Å²) in [7, 11) is 0. The van der Waals surface area contributed by atoms with Crippen LogP contribution in [0.5, 0.6) is 0 Å². The molecule has 2 atom stereocenters. The second kappa shape index (κ2) is 26.9. The zero-order valence-electron chi connectivity index (χ0n) is 52.2. The van der Waals surface area contributed by atoms with E-state index in [9.17, 15) is 9.59 Å². The van der Waals surface area contributed by atoms with Gasteiger partial charge < -0.3 is 0 Å². The van der Waals surface area contributed by atoms with Gasteiger partial charge in [-0.1, -0.05) is 258 Å². The summed E-state index contributed by atoms with van der Waals surface area (Å²) < 4.78 is 0. The maximum Gasteiger partial charge on any atom is 0.185 e. The highest BCUT2D eigenvalue weighted by Gasteiger charge is 2.40. The Morgan fingerprint density at radius 1 is 0.415 bits per heavy atom. The molecule has 0 N–H and O–H groups in total. The molecule has 0 fully saturated rings. The molecule has 2 aliphatic rings. The highest BCUT2D eigenvalue weighted by Crippen LogP contribution is 2.52. The summed E-state index contributed by atoms with van der Waals surface area (Å²) in [6, 6.07) is 33.5. The number of carbonyl (C=O) groups excluding carboxylic acids is 2. The minimum Gasteiger partial charge on any atom is -0.289 e. The zero-order chi connectivity index (χ0) is 59.0. The number of unbranched alkanes of at least 4 members (excludes halogenated alkanes) is 10. The highest BCUT2D eigenvalue weighted by atomic mass is 32.1. The number of Topliss-reactive ketones (excluding diaryl/α,β-unsaturated/α-hetero) is 2. The average Bonchev–Trinajstić information content (AvgIpc) is 4.22. The Morgan fingerprint density at radius 2 is 0.732 bits per heavy atom.